The molecular formula is C18H26ClNO3. The molecule has 3 rings (SSSR count). The maximum absolute atomic E-state index is 10.4. The third-order valence-electron chi connectivity index (χ3n) is 4.78. The summed E-state index contributed by atoms with van der Waals surface area (Å²) < 4.78 is 11.6. The Morgan fingerprint density at radius 2 is 1.78 bits per heavy atom. The Morgan fingerprint density at radius 3 is 2.48 bits per heavy atom. The van der Waals surface area contributed by atoms with E-state index in [9.17, 15) is 5.11 Å². The molecular weight excluding hydrogens is 314 g/mol. The number of likely N-dealkylation sites (tertiary alicyclic amines) is 1. The van der Waals surface area contributed by atoms with Crippen molar-refractivity contribution in [3.63, 3.8) is 0 Å². The molecule has 2 aliphatic rings. The Kier molecular flexibility index (Phi) is 6.31. The van der Waals surface area contributed by atoms with E-state index in [2.05, 4.69) is 4.90 Å². The number of rotatable bonds is 5. The lowest BCUT2D eigenvalue weighted by atomic mass is 10.0. The Hall–Kier alpha value is -0.650. The van der Waals surface area contributed by atoms with Gasteiger partial charge in [-0.1, -0.05) is 29.8 Å². The minimum atomic E-state index is -0.531. The first kappa shape index (κ1) is 17.2. The van der Waals surface area contributed by atoms with Crippen LogP contribution in [0, 0.1) is 0 Å². The number of hydrogen-bond donors (Lipinski definition) is 1. The Labute approximate surface area is 143 Å². The van der Waals surface area contributed by atoms with Gasteiger partial charge in [-0.25, -0.2) is 0 Å². The van der Waals surface area contributed by atoms with Gasteiger partial charge in [-0.15, -0.1) is 0 Å². The van der Waals surface area contributed by atoms with Crippen LogP contribution in [-0.4, -0.2) is 55.1 Å². The van der Waals surface area contributed by atoms with Crippen molar-refractivity contribution in [1.29, 1.82) is 0 Å². The summed E-state index contributed by atoms with van der Waals surface area (Å²) in [7, 11) is 0. The van der Waals surface area contributed by atoms with Crippen LogP contribution in [0.1, 0.15) is 37.4 Å². The predicted octanol–water partition coefficient (Wildman–Crippen LogP) is 3.03. The molecule has 2 heterocycles. The molecule has 23 heavy (non-hydrogen) atoms. The second kappa shape index (κ2) is 8.45. The number of β-amino-alcohol motifs (C(OH)–C–C–N with tert-alkyl or cyclic N) is 1. The Bertz CT molecular complexity index is 485. The molecule has 1 aromatic rings. The van der Waals surface area contributed by atoms with Gasteiger partial charge in [0, 0.05) is 43.4 Å². The van der Waals surface area contributed by atoms with Crippen molar-refractivity contribution in [3.8, 4) is 0 Å². The summed E-state index contributed by atoms with van der Waals surface area (Å²) >= 11 is 6.16. The molecule has 0 bridgehead atoms. The van der Waals surface area contributed by atoms with Crippen LogP contribution >= 0.6 is 11.6 Å². The maximum atomic E-state index is 10.4. The van der Waals surface area contributed by atoms with Gasteiger partial charge >= 0.3 is 0 Å². The first-order valence-corrected chi connectivity index (χ1v) is 8.98. The highest BCUT2D eigenvalue weighted by Crippen LogP contribution is 2.25. The van der Waals surface area contributed by atoms with Crippen LogP contribution in [0.25, 0.3) is 0 Å². The quantitative estimate of drug-likeness (QED) is 0.895. The molecule has 1 aromatic carbocycles. The predicted molar refractivity (Wildman–Crippen MR) is 90.8 cm³/mol. The molecule has 0 aliphatic carbocycles. The van der Waals surface area contributed by atoms with Crippen molar-refractivity contribution in [2.24, 2.45) is 0 Å². The van der Waals surface area contributed by atoms with E-state index in [1.807, 2.05) is 24.3 Å². The van der Waals surface area contributed by atoms with Crippen molar-refractivity contribution < 1.29 is 14.6 Å². The molecule has 0 aromatic heterocycles. The lowest BCUT2D eigenvalue weighted by Crippen LogP contribution is -2.41. The van der Waals surface area contributed by atoms with E-state index in [1.165, 1.54) is 0 Å². The van der Waals surface area contributed by atoms with Crippen LogP contribution in [0.15, 0.2) is 24.3 Å². The summed E-state index contributed by atoms with van der Waals surface area (Å²) in [6, 6.07) is 7.53. The van der Waals surface area contributed by atoms with E-state index in [0.717, 1.165) is 57.6 Å². The lowest BCUT2D eigenvalue weighted by Gasteiger charge is -2.35. The summed E-state index contributed by atoms with van der Waals surface area (Å²) in [5.74, 6) is 0. The first-order valence-electron chi connectivity index (χ1n) is 8.60. The lowest BCUT2D eigenvalue weighted by molar-refractivity contribution is -0.0864. The molecule has 1 unspecified atom stereocenters. The topological polar surface area (TPSA) is 41.9 Å². The number of benzene rings is 1. The number of aliphatic hydroxyl groups excluding tert-OH is 1. The summed E-state index contributed by atoms with van der Waals surface area (Å²) in [6.45, 7) is 4.22. The second-order valence-corrected chi connectivity index (χ2v) is 6.89. The van der Waals surface area contributed by atoms with Gasteiger partial charge in [-0.05, 0) is 31.7 Å². The molecule has 1 N–H and O–H groups in total. The van der Waals surface area contributed by atoms with E-state index in [0.29, 0.717) is 23.8 Å². The Morgan fingerprint density at radius 1 is 1.13 bits per heavy atom. The van der Waals surface area contributed by atoms with E-state index in [4.69, 9.17) is 21.1 Å². The van der Waals surface area contributed by atoms with E-state index < -0.39 is 6.10 Å². The molecule has 0 radical (unpaired) electrons. The molecule has 128 valence electrons. The smallest absolute Gasteiger partial charge is 0.0931 e. The van der Waals surface area contributed by atoms with Crippen molar-refractivity contribution in [3.05, 3.63) is 34.9 Å². The zero-order chi connectivity index (χ0) is 16.1. The van der Waals surface area contributed by atoms with E-state index in [1.54, 1.807) is 0 Å². The zero-order valence-corrected chi connectivity index (χ0v) is 14.3. The number of nitrogens with zero attached hydrogens (tertiary/aromatic N) is 1. The van der Waals surface area contributed by atoms with Crippen LogP contribution in [0.5, 0.6) is 0 Å². The summed E-state index contributed by atoms with van der Waals surface area (Å²) in [6.07, 6.45) is 4.30. The molecule has 2 saturated heterocycles. The minimum Gasteiger partial charge on any atom is -0.387 e. The average molecular weight is 340 g/mol. The number of ether oxygens (including phenoxy) is 2. The highest BCUT2D eigenvalue weighted by Gasteiger charge is 2.25. The number of piperidine rings is 1. The van der Waals surface area contributed by atoms with Gasteiger partial charge in [0.2, 0.25) is 0 Å². The fraction of sp³-hybridized carbons (Fsp3) is 0.667. The molecule has 0 amide bonds. The molecule has 2 fully saturated rings. The van der Waals surface area contributed by atoms with Crippen LogP contribution < -0.4 is 0 Å². The van der Waals surface area contributed by atoms with Crippen LogP contribution in [0.2, 0.25) is 5.02 Å². The van der Waals surface area contributed by atoms with Crippen LogP contribution in [0.3, 0.4) is 0 Å². The van der Waals surface area contributed by atoms with E-state index in [-0.39, 0.29) is 0 Å². The number of hydrogen-bond acceptors (Lipinski definition) is 4. The third kappa shape index (κ3) is 4.91. The minimum absolute atomic E-state index is 0.354. The highest BCUT2D eigenvalue weighted by molar-refractivity contribution is 6.31. The fourth-order valence-electron chi connectivity index (χ4n) is 3.40. The molecule has 2 aliphatic heterocycles. The standard InChI is InChI=1S/C18H26ClNO3/c19-17-4-2-1-3-16(17)18(21)13-20-9-5-14(6-10-20)23-15-7-11-22-12-8-15/h1-4,14-15,18,21H,5-13H2. The van der Waals surface area contributed by atoms with Gasteiger partial charge in [0.1, 0.15) is 0 Å². The van der Waals surface area contributed by atoms with Crippen molar-refractivity contribution >= 4 is 11.6 Å². The van der Waals surface area contributed by atoms with Crippen molar-refractivity contribution in [1.82, 2.24) is 4.90 Å². The SMILES string of the molecule is OC(CN1CCC(OC2CCOCC2)CC1)c1ccccc1Cl. The molecule has 0 saturated carbocycles. The molecule has 5 heteroatoms. The van der Waals surface area contributed by atoms with E-state index >= 15 is 0 Å². The highest BCUT2D eigenvalue weighted by atomic mass is 35.5. The molecule has 1 atom stereocenters. The first-order chi connectivity index (χ1) is 11.2. The van der Waals surface area contributed by atoms with Gasteiger partial charge in [0.15, 0.2) is 0 Å². The molecule has 4 nitrogen and oxygen atoms in total. The van der Waals surface area contributed by atoms with Crippen LogP contribution in [0.4, 0.5) is 0 Å². The number of halogens is 1. The Balaban J connectivity index is 1.43. The summed E-state index contributed by atoms with van der Waals surface area (Å²) in [4.78, 5) is 2.30. The summed E-state index contributed by atoms with van der Waals surface area (Å²) in [5, 5.41) is 11.0. The number of aliphatic hydroxyl groups is 1. The fourth-order valence-corrected chi connectivity index (χ4v) is 3.66. The van der Waals surface area contributed by atoms with Crippen LogP contribution in [-0.2, 0) is 9.47 Å². The second-order valence-electron chi connectivity index (χ2n) is 6.49. The normalized spacial score (nSPS) is 23.0. The van der Waals surface area contributed by atoms with Gasteiger partial charge in [0.05, 0.1) is 18.3 Å². The third-order valence-corrected chi connectivity index (χ3v) is 5.13. The molecule has 0 spiro atoms. The maximum Gasteiger partial charge on any atom is 0.0931 e. The largest absolute Gasteiger partial charge is 0.387 e. The van der Waals surface area contributed by atoms with Crippen molar-refractivity contribution in [2.75, 3.05) is 32.8 Å². The van der Waals surface area contributed by atoms with Gasteiger partial charge < -0.3 is 19.5 Å². The monoisotopic (exact) mass is 339 g/mol. The van der Waals surface area contributed by atoms with Crippen molar-refractivity contribution in [2.45, 2.75) is 44.0 Å². The van der Waals surface area contributed by atoms with Gasteiger partial charge in [0.25, 0.3) is 0 Å². The van der Waals surface area contributed by atoms with Gasteiger partial charge in [-0.3, -0.25) is 0 Å². The average Bonchev–Trinajstić information content (AvgIpc) is 2.58. The van der Waals surface area contributed by atoms with Gasteiger partial charge in [-0.2, -0.15) is 0 Å². The summed E-state index contributed by atoms with van der Waals surface area (Å²) in [5.41, 5.74) is 0.815. The zero-order valence-electron chi connectivity index (χ0n) is 13.5.